The average Bonchev–Trinajstić information content (AvgIpc) is 3.32. The number of rotatable bonds is 4. The predicted octanol–water partition coefficient (Wildman–Crippen LogP) is 1.46. The number of hydrogen-bond donors (Lipinski definition) is 1. The predicted molar refractivity (Wildman–Crippen MR) is 99.9 cm³/mol. The highest BCUT2D eigenvalue weighted by Crippen LogP contribution is 2.22. The summed E-state index contributed by atoms with van der Waals surface area (Å²) in [6.07, 6.45) is 2.25. The van der Waals surface area contributed by atoms with Crippen molar-refractivity contribution in [2.24, 2.45) is 4.99 Å². The second-order valence-corrected chi connectivity index (χ2v) is 7.11. The second kappa shape index (κ2) is 8.37. The van der Waals surface area contributed by atoms with E-state index in [1.807, 2.05) is 4.90 Å². The molecule has 1 aromatic heterocycles. The first kappa shape index (κ1) is 17.1. The molecule has 1 N–H and O–H groups in total. The van der Waals surface area contributed by atoms with Gasteiger partial charge < -0.3 is 20.0 Å². The fourth-order valence-electron chi connectivity index (χ4n) is 3.22. The smallest absolute Gasteiger partial charge is 0.244 e. The van der Waals surface area contributed by atoms with Crippen LogP contribution in [0.5, 0.6) is 0 Å². The highest BCUT2D eigenvalue weighted by atomic mass is 32.1. The van der Waals surface area contributed by atoms with Crippen LogP contribution >= 0.6 is 11.3 Å². The van der Waals surface area contributed by atoms with Crippen molar-refractivity contribution >= 4 is 28.2 Å². The molecule has 0 atom stereocenters. The molecule has 0 radical (unpaired) electrons. The standard InChI is InChI=1S/C17H27N5OS/c1-2-18-17(19-14-15(23)20-7-3-4-8-20)22-11-9-21(10-12-22)16-6-5-13-24-16/h5-6,13H,2-4,7-12,14H2,1H3,(H,18,19). The lowest BCUT2D eigenvalue weighted by molar-refractivity contribution is -0.128. The Morgan fingerprint density at radius 2 is 1.92 bits per heavy atom. The monoisotopic (exact) mass is 349 g/mol. The molecule has 2 aliphatic rings. The van der Waals surface area contributed by atoms with E-state index in [9.17, 15) is 4.79 Å². The van der Waals surface area contributed by atoms with Crippen LogP contribution in [-0.4, -0.2) is 74.0 Å². The first-order valence-corrected chi connectivity index (χ1v) is 9.75. The number of aliphatic imine (C=N–C) groups is 1. The topological polar surface area (TPSA) is 51.2 Å². The Balaban J connectivity index is 1.55. The molecule has 0 unspecified atom stereocenters. The number of guanidine groups is 1. The molecule has 2 fully saturated rings. The van der Waals surface area contributed by atoms with Crippen LogP contribution in [0.1, 0.15) is 19.8 Å². The molecule has 0 bridgehead atoms. The summed E-state index contributed by atoms with van der Waals surface area (Å²) in [5.41, 5.74) is 0. The van der Waals surface area contributed by atoms with Crippen LogP contribution in [0.2, 0.25) is 0 Å². The maximum Gasteiger partial charge on any atom is 0.244 e. The molecule has 0 aliphatic carbocycles. The Morgan fingerprint density at radius 1 is 1.17 bits per heavy atom. The molecular formula is C17H27N5OS. The van der Waals surface area contributed by atoms with E-state index in [-0.39, 0.29) is 12.5 Å². The molecule has 2 aliphatic heterocycles. The van der Waals surface area contributed by atoms with Crippen LogP contribution in [0.15, 0.2) is 22.5 Å². The molecule has 6 nitrogen and oxygen atoms in total. The molecule has 2 saturated heterocycles. The average molecular weight is 350 g/mol. The minimum atomic E-state index is 0.153. The minimum Gasteiger partial charge on any atom is -0.360 e. The molecule has 0 saturated carbocycles. The molecule has 1 aromatic rings. The zero-order chi connectivity index (χ0) is 16.8. The summed E-state index contributed by atoms with van der Waals surface area (Å²) in [5.74, 6) is 1.02. The van der Waals surface area contributed by atoms with Gasteiger partial charge in [0.25, 0.3) is 0 Å². The summed E-state index contributed by atoms with van der Waals surface area (Å²) in [5, 5.41) is 6.79. The third kappa shape index (κ3) is 4.20. The normalized spacial score (nSPS) is 19.0. The highest BCUT2D eigenvalue weighted by molar-refractivity contribution is 7.14. The SMILES string of the molecule is CCNC(=NCC(=O)N1CCCC1)N1CCN(c2cccs2)CC1. The highest BCUT2D eigenvalue weighted by Gasteiger charge is 2.21. The van der Waals surface area contributed by atoms with Crippen LogP contribution in [0.25, 0.3) is 0 Å². The molecule has 0 aromatic carbocycles. The van der Waals surface area contributed by atoms with Gasteiger partial charge in [0.15, 0.2) is 5.96 Å². The zero-order valence-corrected chi connectivity index (χ0v) is 15.2. The Labute approximate surface area is 148 Å². The third-order valence-corrected chi connectivity index (χ3v) is 5.48. The van der Waals surface area contributed by atoms with E-state index in [0.717, 1.165) is 64.6 Å². The molecule has 7 heteroatoms. The summed E-state index contributed by atoms with van der Waals surface area (Å²) in [6.45, 7) is 8.78. The number of nitrogens with one attached hydrogen (secondary N) is 1. The number of carbonyl (C=O) groups excluding carboxylic acids is 1. The van der Waals surface area contributed by atoms with Gasteiger partial charge >= 0.3 is 0 Å². The zero-order valence-electron chi connectivity index (χ0n) is 14.4. The van der Waals surface area contributed by atoms with E-state index >= 15 is 0 Å². The first-order valence-electron chi connectivity index (χ1n) is 8.87. The van der Waals surface area contributed by atoms with Crippen LogP contribution in [0.4, 0.5) is 5.00 Å². The van der Waals surface area contributed by atoms with Gasteiger partial charge in [0.1, 0.15) is 6.54 Å². The van der Waals surface area contributed by atoms with Gasteiger partial charge in [0.2, 0.25) is 5.91 Å². The maximum absolute atomic E-state index is 12.2. The third-order valence-electron chi connectivity index (χ3n) is 4.55. The Morgan fingerprint density at radius 3 is 2.54 bits per heavy atom. The van der Waals surface area contributed by atoms with Crippen LogP contribution in [0.3, 0.4) is 0 Å². The summed E-state index contributed by atoms with van der Waals surface area (Å²) >= 11 is 1.79. The number of nitrogens with zero attached hydrogens (tertiary/aromatic N) is 4. The molecule has 3 heterocycles. The number of amides is 1. The number of carbonyl (C=O) groups is 1. The van der Waals surface area contributed by atoms with Crippen molar-refractivity contribution in [2.45, 2.75) is 19.8 Å². The van der Waals surface area contributed by atoms with Crippen LogP contribution in [0, 0.1) is 0 Å². The van der Waals surface area contributed by atoms with Crippen molar-refractivity contribution in [3.8, 4) is 0 Å². The van der Waals surface area contributed by atoms with E-state index < -0.39 is 0 Å². The van der Waals surface area contributed by atoms with Crippen molar-refractivity contribution in [3.05, 3.63) is 17.5 Å². The number of anilines is 1. The number of piperazine rings is 1. The lowest BCUT2D eigenvalue weighted by Crippen LogP contribution is -2.52. The van der Waals surface area contributed by atoms with Crippen LogP contribution < -0.4 is 10.2 Å². The van der Waals surface area contributed by atoms with E-state index in [1.165, 1.54) is 5.00 Å². The van der Waals surface area contributed by atoms with Gasteiger partial charge in [-0.25, -0.2) is 4.99 Å². The number of thiophene rings is 1. The number of likely N-dealkylation sites (tertiary alicyclic amines) is 1. The Kier molecular flexibility index (Phi) is 5.96. The van der Waals surface area contributed by atoms with Crippen molar-refractivity contribution in [1.29, 1.82) is 0 Å². The van der Waals surface area contributed by atoms with Crippen molar-refractivity contribution in [2.75, 3.05) is 57.3 Å². The lowest BCUT2D eigenvalue weighted by Gasteiger charge is -2.37. The minimum absolute atomic E-state index is 0.153. The van der Waals surface area contributed by atoms with Crippen molar-refractivity contribution in [1.82, 2.24) is 15.1 Å². The van der Waals surface area contributed by atoms with Crippen molar-refractivity contribution in [3.63, 3.8) is 0 Å². The molecule has 132 valence electrons. The summed E-state index contributed by atoms with van der Waals surface area (Å²) in [6, 6.07) is 4.27. The van der Waals surface area contributed by atoms with E-state index in [1.54, 1.807) is 11.3 Å². The Bertz CT molecular complexity index is 545. The maximum atomic E-state index is 12.2. The molecule has 0 spiro atoms. The van der Waals surface area contributed by atoms with Gasteiger partial charge in [-0.3, -0.25) is 4.79 Å². The van der Waals surface area contributed by atoms with Gasteiger partial charge in [-0.05, 0) is 37.3 Å². The summed E-state index contributed by atoms with van der Waals surface area (Å²) in [7, 11) is 0. The fourth-order valence-corrected chi connectivity index (χ4v) is 4.01. The van der Waals surface area contributed by atoms with E-state index in [2.05, 4.69) is 44.5 Å². The van der Waals surface area contributed by atoms with E-state index in [0.29, 0.717) is 0 Å². The largest absolute Gasteiger partial charge is 0.360 e. The van der Waals surface area contributed by atoms with E-state index in [4.69, 9.17) is 0 Å². The first-order chi connectivity index (χ1) is 11.8. The van der Waals surface area contributed by atoms with Gasteiger partial charge in [0.05, 0.1) is 5.00 Å². The molecule has 1 amide bonds. The Hall–Kier alpha value is -1.76. The summed E-state index contributed by atoms with van der Waals surface area (Å²) in [4.78, 5) is 23.4. The number of hydrogen-bond acceptors (Lipinski definition) is 4. The molecule has 3 rings (SSSR count). The van der Waals surface area contributed by atoms with Gasteiger partial charge in [-0.15, -0.1) is 11.3 Å². The molecular weight excluding hydrogens is 322 g/mol. The van der Waals surface area contributed by atoms with Crippen LogP contribution in [-0.2, 0) is 4.79 Å². The quantitative estimate of drug-likeness (QED) is 0.660. The van der Waals surface area contributed by atoms with Gasteiger partial charge in [-0.2, -0.15) is 0 Å². The van der Waals surface area contributed by atoms with Gasteiger partial charge in [-0.1, -0.05) is 0 Å². The fraction of sp³-hybridized carbons (Fsp3) is 0.647. The second-order valence-electron chi connectivity index (χ2n) is 6.18. The lowest BCUT2D eigenvalue weighted by atomic mass is 10.3. The van der Waals surface area contributed by atoms with Crippen molar-refractivity contribution < 1.29 is 4.79 Å². The molecule has 24 heavy (non-hydrogen) atoms. The summed E-state index contributed by atoms with van der Waals surface area (Å²) < 4.78 is 0. The van der Waals surface area contributed by atoms with Gasteiger partial charge in [0, 0.05) is 45.8 Å².